The van der Waals surface area contributed by atoms with Crippen molar-refractivity contribution in [2.24, 2.45) is 0 Å². The Morgan fingerprint density at radius 1 is 0.600 bits per heavy atom. The third kappa shape index (κ3) is 5.64. The minimum absolute atomic E-state index is 0.418. The number of hydrogen-bond acceptors (Lipinski definition) is 4. The van der Waals surface area contributed by atoms with Crippen molar-refractivity contribution in [3.05, 3.63) is 139 Å². The number of aromatic nitrogens is 2. The zero-order valence-electron chi connectivity index (χ0n) is 29.8. The van der Waals surface area contributed by atoms with E-state index < -0.39 is 0 Å². The van der Waals surface area contributed by atoms with E-state index in [1.165, 1.54) is 70.9 Å². The molecule has 0 saturated heterocycles. The van der Waals surface area contributed by atoms with Gasteiger partial charge in [0.05, 0.1) is 29.1 Å². The van der Waals surface area contributed by atoms with Crippen molar-refractivity contribution >= 4 is 50.6 Å². The number of fused-ring (bicyclic) bond motifs is 4. The van der Waals surface area contributed by atoms with Gasteiger partial charge in [0.15, 0.2) is 0 Å². The molecule has 0 radical (unpaired) electrons. The van der Waals surface area contributed by atoms with Crippen LogP contribution in [0.1, 0.15) is 64.5 Å². The van der Waals surface area contributed by atoms with Crippen LogP contribution >= 0.6 is 11.8 Å². The molecule has 50 heavy (non-hydrogen) atoms. The lowest BCUT2D eigenvalue weighted by Gasteiger charge is -2.25. The summed E-state index contributed by atoms with van der Waals surface area (Å²) in [6.07, 6.45) is 1.98. The van der Waals surface area contributed by atoms with E-state index in [0.717, 1.165) is 12.5 Å². The van der Waals surface area contributed by atoms with Gasteiger partial charge in [0.25, 0.3) is 0 Å². The van der Waals surface area contributed by atoms with Crippen LogP contribution in [0.25, 0.3) is 38.8 Å². The summed E-state index contributed by atoms with van der Waals surface area (Å²) in [4.78, 5) is 12.3. The van der Waals surface area contributed by atoms with Gasteiger partial charge in [-0.25, -0.2) is 4.98 Å². The second-order valence-electron chi connectivity index (χ2n) is 14.3. The van der Waals surface area contributed by atoms with Gasteiger partial charge < -0.3 is 9.80 Å². The highest BCUT2D eigenvalue weighted by Crippen LogP contribution is 2.43. The first-order valence-corrected chi connectivity index (χ1v) is 18.6. The molecule has 1 aliphatic heterocycles. The third-order valence-corrected chi connectivity index (χ3v) is 11.0. The maximum Gasteiger partial charge on any atom is 0.138 e. The van der Waals surface area contributed by atoms with Crippen molar-refractivity contribution in [3.8, 4) is 16.9 Å². The van der Waals surface area contributed by atoms with Gasteiger partial charge in [0.1, 0.15) is 5.82 Å². The second-order valence-corrected chi connectivity index (χ2v) is 15.4. The van der Waals surface area contributed by atoms with E-state index in [0.29, 0.717) is 17.9 Å². The van der Waals surface area contributed by atoms with Crippen LogP contribution in [0.15, 0.2) is 137 Å². The van der Waals surface area contributed by atoms with E-state index in [-0.39, 0.29) is 0 Å². The molecule has 0 spiro atoms. The molecule has 7 aromatic rings. The van der Waals surface area contributed by atoms with E-state index in [1.54, 1.807) is 0 Å². The monoisotopic (exact) mass is 672 g/mol. The molecule has 0 saturated carbocycles. The number of anilines is 3. The summed E-state index contributed by atoms with van der Waals surface area (Å²) in [6, 6.07) is 45.0. The standard InChI is InChI=1S/C45H44N4S/c1-29(2)36-16-12-17-37(30(3)4)45(36)32-23-24-46-44(25-32)49-40-18-8-7-15-38(40)39-22-21-35(27-43(39)49)50-34-14-11-13-33(26-34)48-28-47(31(5)6)41-19-9-10-20-42(41)48/h7-27,29-31H,28H2,1-6H3. The lowest BCUT2D eigenvalue weighted by Crippen LogP contribution is -2.33. The zero-order chi connectivity index (χ0) is 34.5. The highest BCUT2D eigenvalue weighted by Gasteiger charge is 2.28. The molecule has 3 heterocycles. The van der Waals surface area contributed by atoms with Crippen LogP contribution in [0.5, 0.6) is 0 Å². The first-order chi connectivity index (χ1) is 24.3. The summed E-state index contributed by atoms with van der Waals surface area (Å²) in [6.45, 7) is 14.5. The van der Waals surface area contributed by atoms with Crippen molar-refractivity contribution in [1.82, 2.24) is 9.55 Å². The summed E-state index contributed by atoms with van der Waals surface area (Å²) < 4.78 is 2.35. The van der Waals surface area contributed by atoms with Crippen LogP contribution in [-0.2, 0) is 0 Å². The van der Waals surface area contributed by atoms with Gasteiger partial charge in [-0.1, -0.05) is 100 Å². The average Bonchev–Trinajstić information content (AvgIpc) is 3.68. The molecule has 5 aromatic carbocycles. The number of benzene rings is 5. The summed E-state index contributed by atoms with van der Waals surface area (Å²) in [5, 5.41) is 2.47. The van der Waals surface area contributed by atoms with E-state index in [9.17, 15) is 0 Å². The van der Waals surface area contributed by atoms with E-state index in [1.807, 2.05) is 18.0 Å². The number of hydrogen-bond donors (Lipinski definition) is 0. The lowest BCUT2D eigenvalue weighted by atomic mass is 9.85. The number of para-hydroxylation sites is 3. The molecule has 1 aliphatic rings. The predicted molar refractivity (Wildman–Crippen MR) is 214 cm³/mol. The van der Waals surface area contributed by atoms with E-state index >= 15 is 0 Å². The summed E-state index contributed by atoms with van der Waals surface area (Å²) in [5.74, 6) is 1.77. The van der Waals surface area contributed by atoms with Gasteiger partial charge >= 0.3 is 0 Å². The predicted octanol–water partition coefficient (Wildman–Crippen LogP) is 12.6. The fourth-order valence-corrected chi connectivity index (χ4v) is 8.50. The molecular weight excluding hydrogens is 629 g/mol. The Morgan fingerprint density at radius 3 is 2.04 bits per heavy atom. The third-order valence-electron chi connectivity index (χ3n) is 10.0. The minimum Gasteiger partial charge on any atom is -0.349 e. The van der Waals surface area contributed by atoms with Gasteiger partial charge in [0.2, 0.25) is 0 Å². The molecule has 0 N–H and O–H groups in total. The Labute approximate surface area is 300 Å². The highest BCUT2D eigenvalue weighted by atomic mass is 32.2. The summed E-state index contributed by atoms with van der Waals surface area (Å²) >= 11 is 1.81. The van der Waals surface area contributed by atoms with E-state index in [2.05, 4.69) is 177 Å². The zero-order valence-corrected chi connectivity index (χ0v) is 30.6. The molecule has 0 atom stereocenters. The molecule has 4 nitrogen and oxygen atoms in total. The van der Waals surface area contributed by atoms with Gasteiger partial charge in [0, 0.05) is 38.5 Å². The molecular formula is C45H44N4S. The highest BCUT2D eigenvalue weighted by molar-refractivity contribution is 7.99. The van der Waals surface area contributed by atoms with Crippen molar-refractivity contribution in [1.29, 1.82) is 0 Å². The molecule has 0 bridgehead atoms. The molecule has 8 rings (SSSR count). The molecule has 2 aromatic heterocycles. The second kappa shape index (κ2) is 13.0. The first kappa shape index (κ1) is 32.2. The Balaban J connectivity index is 1.20. The SMILES string of the molecule is CC(C)c1cccc(C(C)C)c1-c1ccnc(-n2c3ccccc3c3ccc(Sc4cccc(N5CN(C(C)C)c6ccccc65)c4)cc32)c1. The normalized spacial score (nSPS) is 13.1. The maximum atomic E-state index is 5.01. The Kier molecular flexibility index (Phi) is 8.40. The summed E-state index contributed by atoms with van der Waals surface area (Å²) in [7, 11) is 0. The van der Waals surface area contributed by atoms with Crippen LogP contribution in [0.4, 0.5) is 17.1 Å². The van der Waals surface area contributed by atoms with Gasteiger partial charge in [-0.15, -0.1) is 0 Å². The first-order valence-electron chi connectivity index (χ1n) is 17.8. The fourth-order valence-electron chi connectivity index (χ4n) is 7.59. The van der Waals surface area contributed by atoms with Gasteiger partial charge in [-0.2, -0.15) is 0 Å². The van der Waals surface area contributed by atoms with Crippen molar-refractivity contribution in [2.75, 3.05) is 16.5 Å². The Bertz CT molecular complexity index is 2320. The molecule has 5 heteroatoms. The smallest absolute Gasteiger partial charge is 0.138 e. The van der Waals surface area contributed by atoms with Crippen LogP contribution in [-0.4, -0.2) is 22.3 Å². The van der Waals surface area contributed by atoms with Crippen molar-refractivity contribution in [3.63, 3.8) is 0 Å². The fraction of sp³-hybridized carbons (Fsp3) is 0.222. The van der Waals surface area contributed by atoms with Crippen molar-refractivity contribution < 1.29 is 0 Å². The maximum absolute atomic E-state index is 5.01. The number of rotatable bonds is 8. The average molecular weight is 673 g/mol. The number of nitrogens with zero attached hydrogens (tertiary/aromatic N) is 4. The van der Waals surface area contributed by atoms with Gasteiger partial charge in [-0.05, 0) is 109 Å². The Morgan fingerprint density at radius 2 is 1.28 bits per heavy atom. The molecule has 0 unspecified atom stereocenters. The lowest BCUT2D eigenvalue weighted by molar-refractivity contribution is 0.709. The van der Waals surface area contributed by atoms with E-state index in [4.69, 9.17) is 4.98 Å². The quantitative estimate of drug-likeness (QED) is 0.160. The van der Waals surface area contributed by atoms with Crippen LogP contribution in [0, 0.1) is 0 Å². The Hall–Kier alpha value is -5.00. The van der Waals surface area contributed by atoms with Gasteiger partial charge in [-0.3, -0.25) is 4.57 Å². The molecule has 250 valence electrons. The van der Waals surface area contributed by atoms with Crippen LogP contribution in [0.2, 0.25) is 0 Å². The van der Waals surface area contributed by atoms with Crippen LogP contribution < -0.4 is 9.80 Å². The topological polar surface area (TPSA) is 24.3 Å². The number of pyridine rings is 1. The minimum atomic E-state index is 0.418. The molecule has 0 fully saturated rings. The largest absolute Gasteiger partial charge is 0.349 e. The molecule has 0 amide bonds. The summed E-state index contributed by atoms with van der Waals surface area (Å²) in [5.41, 5.74) is 11.4. The van der Waals surface area contributed by atoms with Crippen molar-refractivity contribution in [2.45, 2.75) is 69.2 Å². The van der Waals surface area contributed by atoms with Crippen LogP contribution in [0.3, 0.4) is 0 Å². The molecule has 0 aliphatic carbocycles.